The number of imide groups is 1. The molecule has 1 aliphatic rings. The van der Waals surface area contributed by atoms with E-state index in [9.17, 15) is 22.8 Å². The van der Waals surface area contributed by atoms with Gasteiger partial charge in [-0.1, -0.05) is 24.3 Å². The Labute approximate surface area is 167 Å². The molecule has 9 nitrogen and oxygen atoms in total. The zero-order valence-corrected chi connectivity index (χ0v) is 16.2. The van der Waals surface area contributed by atoms with Gasteiger partial charge in [0.15, 0.2) is 0 Å². The maximum absolute atomic E-state index is 12.2. The summed E-state index contributed by atoms with van der Waals surface area (Å²) in [4.78, 5) is 37.5. The van der Waals surface area contributed by atoms with E-state index in [4.69, 9.17) is 5.14 Å². The second-order valence-electron chi connectivity index (χ2n) is 6.46. The molecule has 0 aliphatic carbocycles. The SMILES string of the molecule is NS(=O)(=O)c1ccc(CNC(=O)NCCCN2C(=O)c3ccccc3C2=O)cc1. The molecule has 1 aliphatic heterocycles. The molecule has 0 atom stereocenters. The number of amides is 4. The standard InChI is InChI=1S/C19H20N4O5S/c20-29(27,28)14-8-6-13(7-9-14)12-22-19(26)21-10-3-11-23-17(24)15-4-1-2-5-16(15)18(23)25/h1-2,4-9H,3,10-12H2,(H2,20,27,28)(H2,21,22,26). The highest BCUT2D eigenvalue weighted by molar-refractivity contribution is 7.89. The Bertz CT molecular complexity index is 1020. The third-order valence-electron chi connectivity index (χ3n) is 4.43. The third-order valence-corrected chi connectivity index (χ3v) is 5.36. The lowest BCUT2D eigenvalue weighted by atomic mass is 10.1. The van der Waals surface area contributed by atoms with E-state index < -0.39 is 16.1 Å². The lowest BCUT2D eigenvalue weighted by molar-refractivity contribution is 0.0653. The first-order valence-electron chi connectivity index (χ1n) is 8.86. The van der Waals surface area contributed by atoms with Gasteiger partial charge in [-0.15, -0.1) is 0 Å². The molecule has 4 amide bonds. The van der Waals surface area contributed by atoms with Crippen LogP contribution in [0.5, 0.6) is 0 Å². The van der Waals surface area contributed by atoms with E-state index in [0.29, 0.717) is 23.1 Å². The number of nitrogens with two attached hydrogens (primary N) is 1. The number of carbonyl (C=O) groups is 3. The van der Waals surface area contributed by atoms with Gasteiger partial charge in [-0.25, -0.2) is 18.4 Å². The second-order valence-corrected chi connectivity index (χ2v) is 8.02. The van der Waals surface area contributed by atoms with Gasteiger partial charge in [0.1, 0.15) is 0 Å². The van der Waals surface area contributed by atoms with Gasteiger partial charge >= 0.3 is 6.03 Å². The zero-order valence-electron chi connectivity index (χ0n) is 15.4. The van der Waals surface area contributed by atoms with Crippen molar-refractivity contribution >= 4 is 27.9 Å². The summed E-state index contributed by atoms with van der Waals surface area (Å²) in [6, 6.07) is 12.1. The predicted octanol–water partition coefficient (Wildman–Crippen LogP) is 0.820. The molecule has 0 fully saturated rings. The van der Waals surface area contributed by atoms with E-state index in [1.807, 2.05) is 0 Å². The average molecular weight is 416 g/mol. The molecule has 0 saturated heterocycles. The van der Waals surface area contributed by atoms with Crippen molar-refractivity contribution < 1.29 is 22.8 Å². The summed E-state index contributed by atoms with van der Waals surface area (Å²) in [5, 5.41) is 10.3. The van der Waals surface area contributed by atoms with Crippen molar-refractivity contribution in [2.75, 3.05) is 13.1 Å². The molecule has 0 radical (unpaired) electrons. The van der Waals surface area contributed by atoms with Gasteiger partial charge in [0.2, 0.25) is 10.0 Å². The van der Waals surface area contributed by atoms with Crippen LogP contribution in [0.2, 0.25) is 0 Å². The summed E-state index contributed by atoms with van der Waals surface area (Å²) >= 11 is 0. The summed E-state index contributed by atoms with van der Waals surface area (Å²) in [6.07, 6.45) is 0.419. The molecule has 0 saturated carbocycles. The highest BCUT2D eigenvalue weighted by Gasteiger charge is 2.34. The normalized spacial score (nSPS) is 13.3. The van der Waals surface area contributed by atoms with Crippen molar-refractivity contribution in [2.24, 2.45) is 5.14 Å². The quantitative estimate of drug-likeness (QED) is 0.453. The van der Waals surface area contributed by atoms with Crippen LogP contribution in [0.25, 0.3) is 0 Å². The minimum atomic E-state index is -3.75. The van der Waals surface area contributed by atoms with Gasteiger partial charge in [0, 0.05) is 19.6 Å². The van der Waals surface area contributed by atoms with Crippen molar-refractivity contribution in [2.45, 2.75) is 17.9 Å². The molecular weight excluding hydrogens is 396 g/mol. The summed E-state index contributed by atoms with van der Waals surface area (Å²) < 4.78 is 22.4. The summed E-state index contributed by atoms with van der Waals surface area (Å²) in [7, 11) is -3.75. The van der Waals surface area contributed by atoms with Crippen LogP contribution in [-0.4, -0.2) is 44.3 Å². The summed E-state index contributed by atoms with van der Waals surface area (Å²) in [6.45, 7) is 0.695. The molecule has 0 aromatic heterocycles. The van der Waals surface area contributed by atoms with Crippen molar-refractivity contribution in [3.63, 3.8) is 0 Å². The van der Waals surface area contributed by atoms with Crippen LogP contribution in [0.4, 0.5) is 4.79 Å². The Morgan fingerprint density at radius 2 is 1.52 bits per heavy atom. The largest absolute Gasteiger partial charge is 0.338 e. The molecule has 0 spiro atoms. The number of carbonyl (C=O) groups excluding carboxylic acids is 3. The third kappa shape index (κ3) is 4.79. The Kier molecular flexibility index (Phi) is 5.95. The molecule has 152 valence electrons. The van der Waals surface area contributed by atoms with Gasteiger partial charge in [-0.05, 0) is 36.2 Å². The number of hydrogen-bond acceptors (Lipinski definition) is 5. The molecular formula is C19H20N4O5S. The number of fused-ring (bicyclic) bond motifs is 1. The molecule has 1 heterocycles. The Morgan fingerprint density at radius 1 is 0.931 bits per heavy atom. The van der Waals surface area contributed by atoms with Crippen LogP contribution in [0, 0.1) is 0 Å². The van der Waals surface area contributed by atoms with Crippen LogP contribution < -0.4 is 15.8 Å². The van der Waals surface area contributed by atoms with E-state index in [1.54, 1.807) is 36.4 Å². The number of sulfonamides is 1. The Balaban J connectivity index is 1.40. The summed E-state index contributed by atoms with van der Waals surface area (Å²) in [5.41, 5.74) is 1.51. The van der Waals surface area contributed by atoms with Crippen LogP contribution in [0.15, 0.2) is 53.4 Å². The number of benzene rings is 2. The van der Waals surface area contributed by atoms with E-state index in [1.165, 1.54) is 17.0 Å². The van der Waals surface area contributed by atoms with Gasteiger partial charge in [0.05, 0.1) is 16.0 Å². The van der Waals surface area contributed by atoms with Crippen LogP contribution >= 0.6 is 0 Å². The highest BCUT2D eigenvalue weighted by Crippen LogP contribution is 2.22. The first-order valence-corrected chi connectivity index (χ1v) is 10.4. The Morgan fingerprint density at radius 3 is 2.07 bits per heavy atom. The minimum Gasteiger partial charge on any atom is -0.338 e. The fourth-order valence-corrected chi connectivity index (χ4v) is 3.44. The topological polar surface area (TPSA) is 139 Å². The van der Waals surface area contributed by atoms with Gasteiger partial charge in [-0.3, -0.25) is 14.5 Å². The van der Waals surface area contributed by atoms with Crippen molar-refractivity contribution in [3.05, 3.63) is 65.2 Å². The van der Waals surface area contributed by atoms with Crippen LogP contribution in [-0.2, 0) is 16.6 Å². The van der Waals surface area contributed by atoms with E-state index in [-0.39, 0.29) is 36.3 Å². The fraction of sp³-hybridized carbons (Fsp3) is 0.211. The number of primary sulfonamides is 1. The van der Waals surface area contributed by atoms with Gasteiger partial charge < -0.3 is 10.6 Å². The monoisotopic (exact) mass is 416 g/mol. The van der Waals surface area contributed by atoms with Crippen molar-refractivity contribution in [3.8, 4) is 0 Å². The maximum atomic E-state index is 12.2. The van der Waals surface area contributed by atoms with E-state index in [2.05, 4.69) is 10.6 Å². The Hall–Kier alpha value is -3.24. The number of urea groups is 1. The van der Waals surface area contributed by atoms with E-state index >= 15 is 0 Å². The number of rotatable bonds is 7. The molecule has 2 aromatic rings. The fourth-order valence-electron chi connectivity index (χ4n) is 2.92. The highest BCUT2D eigenvalue weighted by atomic mass is 32.2. The first-order chi connectivity index (χ1) is 13.8. The van der Waals surface area contributed by atoms with Gasteiger partial charge in [0.25, 0.3) is 11.8 Å². The van der Waals surface area contributed by atoms with Crippen molar-refractivity contribution in [1.82, 2.24) is 15.5 Å². The van der Waals surface area contributed by atoms with Crippen molar-refractivity contribution in [1.29, 1.82) is 0 Å². The zero-order chi connectivity index (χ0) is 21.0. The average Bonchev–Trinajstić information content (AvgIpc) is 2.94. The lowest BCUT2D eigenvalue weighted by Crippen LogP contribution is -2.37. The lowest BCUT2D eigenvalue weighted by Gasteiger charge is -2.14. The molecule has 2 aromatic carbocycles. The maximum Gasteiger partial charge on any atom is 0.315 e. The number of hydrogen-bond donors (Lipinski definition) is 3. The smallest absolute Gasteiger partial charge is 0.315 e. The number of nitrogens with one attached hydrogen (secondary N) is 2. The molecule has 10 heteroatoms. The van der Waals surface area contributed by atoms with E-state index in [0.717, 1.165) is 0 Å². The van der Waals surface area contributed by atoms with Crippen LogP contribution in [0.3, 0.4) is 0 Å². The van der Waals surface area contributed by atoms with Gasteiger partial charge in [-0.2, -0.15) is 0 Å². The van der Waals surface area contributed by atoms with Crippen LogP contribution in [0.1, 0.15) is 32.7 Å². The summed E-state index contributed by atoms with van der Waals surface area (Å²) in [5.74, 6) is -0.643. The molecule has 0 unspecified atom stereocenters. The second kappa shape index (κ2) is 8.41. The predicted molar refractivity (Wildman–Crippen MR) is 104 cm³/mol. The molecule has 0 bridgehead atoms. The number of nitrogens with zero attached hydrogens (tertiary/aromatic N) is 1. The first kappa shape index (κ1) is 20.5. The molecule has 3 rings (SSSR count). The minimum absolute atomic E-state index is 0.00106. The molecule has 29 heavy (non-hydrogen) atoms. The molecule has 4 N–H and O–H groups in total.